The molecule has 0 radical (unpaired) electrons. The van der Waals surface area contributed by atoms with Gasteiger partial charge < -0.3 is 5.11 Å². The van der Waals surface area contributed by atoms with E-state index in [9.17, 15) is 5.11 Å². The average Bonchev–Trinajstić information content (AvgIpc) is 2.50. The molecule has 0 spiro atoms. The van der Waals surface area contributed by atoms with Crippen molar-refractivity contribution in [2.24, 2.45) is 0 Å². The van der Waals surface area contributed by atoms with Crippen molar-refractivity contribution in [3.63, 3.8) is 0 Å². The summed E-state index contributed by atoms with van der Waals surface area (Å²) in [4.78, 5) is 0. The van der Waals surface area contributed by atoms with Gasteiger partial charge in [-0.3, -0.25) is 0 Å². The summed E-state index contributed by atoms with van der Waals surface area (Å²) in [6.07, 6.45) is 13.5. The van der Waals surface area contributed by atoms with E-state index in [1.807, 2.05) is 0 Å². The molecule has 0 saturated heterocycles. The van der Waals surface area contributed by atoms with E-state index in [1.165, 1.54) is 51.4 Å². The van der Waals surface area contributed by atoms with E-state index in [0.717, 1.165) is 31.3 Å². The first-order valence-corrected chi connectivity index (χ1v) is 8.81. The molecule has 0 aliphatic carbocycles. The Morgan fingerprint density at radius 3 is 2.05 bits per heavy atom. The second-order valence-corrected chi connectivity index (χ2v) is 5.75. The molecule has 1 nitrogen and oxygen atoms in total. The maximum Gasteiger partial charge on any atom is 0.143 e. The van der Waals surface area contributed by atoms with Crippen LogP contribution in [0.5, 0.6) is 0 Å². The first kappa shape index (κ1) is 20.0. The molecule has 0 heterocycles. The van der Waals surface area contributed by atoms with Crippen LogP contribution in [-0.2, 0) is 0 Å². The normalized spacial score (nSPS) is 11.4. The van der Waals surface area contributed by atoms with Gasteiger partial charge in [-0.05, 0) is 19.3 Å². The number of hydrogen-bond donors (Lipinski definition) is 1. The Balaban J connectivity index is 3.84. The van der Waals surface area contributed by atoms with E-state index in [1.54, 1.807) is 0 Å². The number of aliphatic hydroxyl groups excluding tert-OH is 1. The van der Waals surface area contributed by atoms with E-state index in [2.05, 4.69) is 38.0 Å². The van der Waals surface area contributed by atoms with Gasteiger partial charge in [0.2, 0.25) is 0 Å². The van der Waals surface area contributed by atoms with Crippen LogP contribution in [0, 0.1) is 11.8 Å². The molecule has 1 N–H and O–H groups in total. The molecule has 21 heavy (non-hydrogen) atoms. The predicted molar refractivity (Wildman–Crippen MR) is 93.2 cm³/mol. The zero-order chi connectivity index (χ0) is 15.8. The maximum absolute atomic E-state index is 10.0. The molecule has 0 aliphatic rings. The molecule has 120 valence electrons. The van der Waals surface area contributed by atoms with Crippen LogP contribution in [-0.4, -0.2) is 11.2 Å². The Bertz CT molecular complexity index is 339. The smallest absolute Gasteiger partial charge is 0.143 e. The highest BCUT2D eigenvalue weighted by atomic mass is 16.3. The summed E-state index contributed by atoms with van der Waals surface area (Å²) < 4.78 is 0. The second-order valence-electron chi connectivity index (χ2n) is 5.75. The minimum absolute atomic E-state index is 0.663. The van der Waals surface area contributed by atoms with Crippen LogP contribution < -0.4 is 0 Å². The second kappa shape index (κ2) is 15.4. The Morgan fingerprint density at radius 2 is 1.48 bits per heavy atom. The molecule has 0 bridgehead atoms. The van der Waals surface area contributed by atoms with Gasteiger partial charge >= 0.3 is 0 Å². The van der Waals surface area contributed by atoms with Crippen molar-refractivity contribution in [1.29, 1.82) is 0 Å². The lowest BCUT2D eigenvalue weighted by atomic mass is 10.0. The molecule has 0 aromatic rings. The number of hydrogen-bond acceptors (Lipinski definition) is 1. The van der Waals surface area contributed by atoms with Crippen LogP contribution in [0.4, 0.5) is 0 Å². The Labute approximate surface area is 132 Å². The lowest BCUT2D eigenvalue weighted by Crippen LogP contribution is -2.06. The van der Waals surface area contributed by atoms with Gasteiger partial charge in [0.15, 0.2) is 0 Å². The Morgan fingerprint density at radius 1 is 0.905 bits per heavy atom. The van der Waals surface area contributed by atoms with Gasteiger partial charge in [-0.15, -0.1) is 11.7 Å². The molecule has 1 atom stereocenters. The summed E-state index contributed by atoms with van der Waals surface area (Å²) in [6, 6.07) is 0. The van der Waals surface area contributed by atoms with Gasteiger partial charge in [-0.1, -0.05) is 77.7 Å². The maximum atomic E-state index is 10.0. The largest absolute Gasteiger partial charge is 0.376 e. The molecule has 0 rings (SSSR count). The molecule has 1 heteroatoms. The summed E-state index contributed by atoms with van der Waals surface area (Å²) in [5, 5.41) is 10.0. The SMILES string of the molecule is C=C=C(CCCCCCC)[C@@H](O)C#CCCCCCCC. The standard InChI is InChI=1S/C20H34O/c1-4-7-9-11-12-14-16-18-20(21)19(6-3)17-15-13-10-8-5-2/h20-21H,3-5,7-15,17H2,1-2H3/t20-/m0/s1. The van der Waals surface area contributed by atoms with Gasteiger partial charge in [0.05, 0.1) is 0 Å². The lowest BCUT2D eigenvalue weighted by molar-refractivity contribution is 0.263. The van der Waals surface area contributed by atoms with Crippen molar-refractivity contribution in [2.75, 3.05) is 0 Å². The van der Waals surface area contributed by atoms with Crippen molar-refractivity contribution >= 4 is 0 Å². The van der Waals surface area contributed by atoms with Crippen molar-refractivity contribution in [3.05, 3.63) is 17.9 Å². The molecule has 0 amide bonds. The molecular formula is C20H34O. The van der Waals surface area contributed by atoms with E-state index in [0.29, 0.717) is 0 Å². The average molecular weight is 290 g/mol. The molecule has 0 aromatic carbocycles. The van der Waals surface area contributed by atoms with Crippen LogP contribution >= 0.6 is 0 Å². The van der Waals surface area contributed by atoms with Crippen LogP contribution in [0.15, 0.2) is 17.9 Å². The highest BCUT2D eigenvalue weighted by Gasteiger charge is 2.06. The summed E-state index contributed by atoms with van der Waals surface area (Å²) in [5.74, 6) is 6.04. The zero-order valence-corrected chi connectivity index (χ0v) is 14.2. The summed E-state index contributed by atoms with van der Waals surface area (Å²) in [5.41, 5.74) is 3.74. The first-order chi connectivity index (χ1) is 10.3. The third-order valence-corrected chi connectivity index (χ3v) is 3.75. The van der Waals surface area contributed by atoms with Gasteiger partial charge in [0.25, 0.3) is 0 Å². The first-order valence-electron chi connectivity index (χ1n) is 8.81. The Hall–Kier alpha value is -0.960. The molecule has 0 aromatic heterocycles. The minimum atomic E-state index is -0.663. The van der Waals surface area contributed by atoms with Gasteiger partial charge in [0, 0.05) is 12.0 Å². The van der Waals surface area contributed by atoms with Crippen molar-refractivity contribution in [2.45, 2.75) is 97.0 Å². The molecule has 0 fully saturated rings. The summed E-state index contributed by atoms with van der Waals surface area (Å²) >= 11 is 0. The quantitative estimate of drug-likeness (QED) is 0.274. The lowest BCUT2D eigenvalue weighted by Gasteiger charge is -2.07. The molecular weight excluding hydrogens is 256 g/mol. The predicted octanol–water partition coefficient (Wildman–Crippen LogP) is 5.78. The van der Waals surface area contributed by atoms with Crippen LogP contribution in [0.2, 0.25) is 0 Å². The van der Waals surface area contributed by atoms with E-state index in [4.69, 9.17) is 0 Å². The topological polar surface area (TPSA) is 20.2 Å². The van der Waals surface area contributed by atoms with Crippen LogP contribution in [0.1, 0.15) is 90.9 Å². The molecule has 0 saturated carbocycles. The number of aliphatic hydroxyl groups is 1. The highest BCUT2D eigenvalue weighted by molar-refractivity contribution is 5.20. The van der Waals surface area contributed by atoms with Crippen molar-refractivity contribution in [3.8, 4) is 11.8 Å². The van der Waals surface area contributed by atoms with Crippen molar-refractivity contribution in [1.82, 2.24) is 0 Å². The van der Waals surface area contributed by atoms with Gasteiger partial charge in [-0.2, -0.15) is 0 Å². The molecule has 0 aliphatic heterocycles. The van der Waals surface area contributed by atoms with Gasteiger partial charge in [-0.25, -0.2) is 0 Å². The van der Waals surface area contributed by atoms with E-state index < -0.39 is 6.10 Å². The van der Waals surface area contributed by atoms with Gasteiger partial charge in [0.1, 0.15) is 6.10 Å². The summed E-state index contributed by atoms with van der Waals surface area (Å²) in [7, 11) is 0. The van der Waals surface area contributed by atoms with Crippen LogP contribution in [0.3, 0.4) is 0 Å². The fourth-order valence-electron chi connectivity index (χ4n) is 2.31. The monoisotopic (exact) mass is 290 g/mol. The van der Waals surface area contributed by atoms with Crippen molar-refractivity contribution < 1.29 is 5.11 Å². The number of unbranched alkanes of at least 4 members (excludes halogenated alkanes) is 9. The highest BCUT2D eigenvalue weighted by Crippen LogP contribution is 2.13. The fourth-order valence-corrected chi connectivity index (χ4v) is 2.31. The Kier molecular flexibility index (Phi) is 14.7. The van der Waals surface area contributed by atoms with E-state index in [-0.39, 0.29) is 0 Å². The minimum Gasteiger partial charge on any atom is -0.376 e. The third kappa shape index (κ3) is 12.5. The van der Waals surface area contributed by atoms with Crippen LogP contribution in [0.25, 0.3) is 0 Å². The molecule has 0 unspecified atom stereocenters. The van der Waals surface area contributed by atoms with E-state index >= 15 is 0 Å². The fraction of sp³-hybridized carbons (Fsp3) is 0.750. The number of rotatable bonds is 12. The summed E-state index contributed by atoms with van der Waals surface area (Å²) in [6.45, 7) is 8.13. The zero-order valence-electron chi connectivity index (χ0n) is 14.2. The third-order valence-electron chi connectivity index (χ3n) is 3.75.